The van der Waals surface area contributed by atoms with Crippen LogP contribution in [-0.4, -0.2) is 29.9 Å². The summed E-state index contributed by atoms with van der Waals surface area (Å²) in [4.78, 5) is 30.6. The minimum atomic E-state index is -0.748. The molecule has 0 aromatic heterocycles. The number of nitrogens with zero attached hydrogens (tertiary/aromatic N) is 2. The summed E-state index contributed by atoms with van der Waals surface area (Å²) in [5.74, 6) is -1.51. The fraction of sp³-hybridized carbons (Fsp3) is 0.267. The van der Waals surface area contributed by atoms with Gasteiger partial charge < -0.3 is 10.0 Å². The second-order valence-corrected chi connectivity index (χ2v) is 10.0. The first-order chi connectivity index (χ1) is 17.2. The molecule has 1 atom stereocenters. The summed E-state index contributed by atoms with van der Waals surface area (Å²) in [6.45, 7) is 11.9. The monoisotopic (exact) mass is 546 g/mol. The summed E-state index contributed by atoms with van der Waals surface area (Å²) in [6.07, 6.45) is 0. The van der Waals surface area contributed by atoms with Crippen molar-refractivity contribution in [1.82, 2.24) is 0 Å². The SMILES string of the molecule is CCN(CC)c1ccc(C2/C(=C(\O)c3ccc(Br)c(C)c3)C(=O)C(=O)N2c2ccc(C)c(C)c2)cc1. The van der Waals surface area contributed by atoms with Crippen molar-refractivity contribution in [3.05, 3.63) is 98.5 Å². The number of aliphatic hydroxyl groups is 1. The third-order valence-electron chi connectivity index (χ3n) is 6.98. The highest BCUT2D eigenvalue weighted by molar-refractivity contribution is 9.10. The number of Topliss-reactive ketones (excluding diaryl/α,β-unsaturated/α-hetero) is 1. The van der Waals surface area contributed by atoms with Gasteiger partial charge in [-0.1, -0.05) is 40.2 Å². The predicted octanol–water partition coefficient (Wildman–Crippen LogP) is 6.85. The van der Waals surface area contributed by atoms with Gasteiger partial charge in [0.15, 0.2) is 0 Å². The third kappa shape index (κ3) is 4.58. The third-order valence-corrected chi connectivity index (χ3v) is 7.87. The molecule has 6 heteroatoms. The van der Waals surface area contributed by atoms with Crippen molar-refractivity contribution in [3.8, 4) is 0 Å². The van der Waals surface area contributed by atoms with E-state index in [4.69, 9.17) is 0 Å². The van der Waals surface area contributed by atoms with E-state index in [1.807, 2.05) is 75.4 Å². The average Bonchev–Trinajstić information content (AvgIpc) is 3.13. The van der Waals surface area contributed by atoms with Crippen molar-refractivity contribution < 1.29 is 14.7 Å². The first kappa shape index (κ1) is 25.7. The van der Waals surface area contributed by atoms with Gasteiger partial charge in [-0.25, -0.2) is 0 Å². The van der Waals surface area contributed by atoms with E-state index in [0.29, 0.717) is 11.3 Å². The number of carbonyl (C=O) groups excluding carboxylic acids is 2. The molecule has 186 valence electrons. The number of aliphatic hydroxyl groups excluding tert-OH is 1. The second kappa shape index (κ2) is 10.3. The zero-order valence-electron chi connectivity index (χ0n) is 21.3. The standard InChI is InChI=1S/C30H31BrN2O3/c1-6-32(7-2)23-13-9-21(10-14-23)27-26(28(34)22-11-15-25(31)20(5)16-22)29(35)30(36)33(27)24-12-8-18(3)19(4)17-24/h8-17,27,34H,6-7H2,1-5H3/b28-26+. The Balaban J connectivity index is 1.92. The van der Waals surface area contributed by atoms with Crippen molar-refractivity contribution >= 4 is 44.8 Å². The highest BCUT2D eigenvalue weighted by Gasteiger charge is 2.47. The molecule has 1 N–H and O–H groups in total. The van der Waals surface area contributed by atoms with Crippen molar-refractivity contribution in [1.29, 1.82) is 0 Å². The van der Waals surface area contributed by atoms with Crippen LogP contribution in [0.1, 0.15) is 47.7 Å². The molecule has 36 heavy (non-hydrogen) atoms. The summed E-state index contributed by atoms with van der Waals surface area (Å²) >= 11 is 3.48. The fourth-order valence-corrected chi connectivity index (χ4v) is 4.94. The van der Waals surface area contributed by atoms with E-state index in [2.05, 4.69) is 34.7 Å². The average molecular weight is 547 g/mol. The van der Waals surface area contributed by atoms with Crippen molar-refractivity contribution in [2.45, 2.75) is 40.7 Å². The normalized spacial score (nSPS) is 17.1. The van der Waals surface area contributed by atoms with Crippen molar-refractivity contribution in [2.24, 2.45) is 0 Å². The molecule has 1 aliphatic rings. The number of benzene rings is 3. The minimum absolute atomic E-state index is 0.0931. The maximum absolute atomic E-state index is 13.4. The zero-order valence-corrected chi connectivity index (χ0v) is 22.9. The van der Waals surface area contributed by atoms with E-state index in [0.717, 1.165) is 45.5 Å². The van der Waals surface area contributed by atoms with Gasteiger partial charge in [-0.2, -0.15) is 0 Å². The second-order valence-electron chi connectivity index (χ2n) is 9.17. The predicted molar refractivity (Wildman–Crippen MR) is 150 cm³/mol. The molecular formula is C30H31BrN2O3. The lowest BCUT2D eigenvalue weighted by Crippen LogP contribution is -2.29. The number of carbonyl (C=O) groups is 2. The van der Waals surface area contributed by atoms with Gasteiger partial charge in [-0.3, -0.25) is 14.5 Å². The Bertz CT molecular complexity index is 1360. The Morgan fingerprint density at radius 2 is 1.56 bits per heavy atom. The van der Waals surface area contributed by atoms with Gasteiger partial charge in [0.05, 0.1) is 11.6 Å². The fourth-order valence-electron chi connectivity index (χ4n) is 4.69. The van der Waals surface area contributed by atoms with E-state index in [9.17, 15) is 14.7 Å². The summed E-state index contributed by atoms with van der Waals surface area (Å²) in [6, 6.07) is 18.3. The molecule has 3 aromatic rings. The Hall–Kier alpha value is -3.38. The molecule has 3 aromatic carbocycles. The minimum Gasteiger partial charge on any atom is -0.507 e. The molecule has 0 saturated carbocycles. The van der Waals surface area contributed by atoms with Gasteiger partial charge in [0.2, 0.25) is 0 Å². The number of ketones is 1. The van der Waals surface area contributed by atoms with E-state index in [1.165, 1.54) is 4.90 Å². The number of amides is 1. The van der Waals surface area contributed by atoms with Crippen LogP contribution in [0.3, 0.4) is 0 Å². The summed E-state index contributed by atoms with van der Waals surface area (Å²) in [5, 5.41) is 11.4. The molecule has 0 spiro atoms. The van der Waals surface area contributed by atoms with E-state index in [1.54, 1.807) is 6.07 Å². The lowest BCUT2D eigenvalue weighted by atomic mass is 9.94. The molecule has 4 rings (SSSR count). The molecule has 0 bridgehead atoms. The number of halogens is 1. The number of hydrogen-bond acceptors (Lipinski definition) is 4. The Morgan fingerprint density at radius 1 is 0.889 bits per heavy atom. The molecule has 0 aliphatic carbocycles. The number of anilines is 2. The van der Waals surface area contributed by atoms with Crippen LogP contribution in [0.5, 0.6) is 0 Å². The van der Waals surface area contributed by atoms with Gasteiger partial charge in [0.25, 0.3) is 11.7 Å². The quantitative estimate of drug-likeness (QED) is 0.208. The van der Waals surface area contributed by atoms with Gasteiger partial charge in [0.1, 0.15) is 5.76 Å². The van der Waals surface area contributed by atoms with Gasteiger partial charge in [-0.05, 0) is 93.3 Å². The summed E-state index contributed by atoms with van der Waals surface area (Å²) in [7, 11) is 0. The van der Waals surface area contributed by atoms with Crippen LogP contribution in [0.2, 0.25) is 0 Å². The Morgan fingerprint density at radius 3 is 2.14 bits per heavy atom. The molecule has 5 nitrogen and oxygen atoms in total. The first-order valence-corrected chi connectivity index (χ1v) is 13.0. The lowest BCUT2D eigenvalue weighted by molar-refractivity contribution is -0.132. The summed E-state index contributed by atoms with van der Waals surface area (Å²) in [5.41, 5.74) is 6.09. The van der Waals surface area contributed by atoms with E-state index in [-0.39, 0.29) is 11.3 Å². The number of aryl methyl sites for hydroxylation is 3. The van der Waals surface area contributed by atoms with Gasteiger partial charge >= 0.3 is 0 Å². The van der Waals surface area contributed by atoms with Crippen molar-refractivity contribution in [2.75, 3.05) is 22.9 Å². The van der Waals surface area contributed by atoms with Crippen molar-refractivity contribution in [3.63, 3.8) is 0 Å². The van der Waals surface area contributed by atoms with Crippen LogP contribution >= 0.6 is 15.9 Å². The summed E-state index contributed by atoms with van der Waals surface area (Å²) < 4.78 is 0.901. The van der Waals surface area contributed by atoms with Crippen LogP contribution in [0.25, 0.3) is 5.76 Å². The molecule has 1 aliphatic heterocycles. The zero-order chi connectivity index (χ0) is 26.1. The molecular weight excluding hydrogens is 516 g/mol. The molecule has 1 heterocycles. The Kier molecular flexibility index (Phi) is 7.36. The largest absolute Gasteiger partial charge is 0.507 e. The maximum atomic E-state index is 13.4. The Labute approximate surface area is 221 Å². The lowest BCUT2D eigenvalue weighted by Gasteiger charge is -2.27. The van der Waals surface area contributed by atoms with E-state index >= 15 is 0 Å². The first-order valence-electron chi connectivity index (χ1n) is 12.2. The van der Waals surface area contributed by atoms with Crippen LogP contribution < -0.4 is 9.80 Å². The van der Waals surface area contributed by atoms with Crippen LogP contribution in [0.4, 0.5) is 11.4 Å². The molecule has 1 saturated heterocycles. The highest BCUT2D eigenvalue weighted by atomic mass is 79.9. The molecule has 1 unspecified atom stereocenters. The van der Waals surface area contributed by atoms with Gasteiger partial charge in [0, 0.05) is 34.5 Å². The molecule has 0 radical (unpaired) electrons. The number of hydrogen-bond donors (Lipinski definition) is 1. The highest BCUT2D eigenvalue weighted by Crippen LogP contribution is 2.43. The number of rotatable bonds is 6. The van der Waals surface area contributed by atoms with Crippen LogP contribution in [0, 0.1) is 20.8 Å². The topological polar surface area (TPSA) is 60.9 Å². The maximum Gasteiger partial charge on any atom is 0.300 e. The van der Waals surface area contributed by atoms with Crippen LogP contribution in [0.15, 0.2) is 70.7 Å². The van der Waals surface area contributed by atoms with Crippen LogP contribution in [-0.2, 0) is 9.59 Å². The smallest absolute Gasteiger partial charge is 0.300 e. The molecule has 1 fully saturated rings. The van der Waals surface area contributed by atoms with E-state index < -0.39 is 17.7 Å². The molecule has 1 amide bonds. The van der Waals surface area contributed by atoms with Gasteiger partial charge in [-0.15, -0.1) is 0 Å².